The van der Waals surface area contributed by atoms with E-state index in [1.165, 1.54) is 0 Å². The van der Waals surface area contributed by atoms with Crippen LogP contribution in [0.25, 0.3) is 0 Å². The minimum atomic E-state index is 0.168. The molecule has 2 rings (SSSR count). The van der Waals surface area contributed by atoms with Crippen molar-refractivity contribution in [3.8, 4) is 11.5 Å². The number of nitrogens with zero attached hydrogens (tertiary/aromatic N) is 1. The SMILES string of the molecule is CCCNC(Cc1nccs1)c1cc(OC)ccc1OC. The molecule has 0 saturated heterocycles. The molecule has 0 bridgehead atoms. The molecule has 21 heavy (non-hydrogen) atoms. The molecule has 1 unspecified atom stereocenters. The van der Waals surface area contributed by atoms with Crippen molar-refractivity contribution in [1.82, 2.24) is 10.3 Å². The van der Waals surface area contributed by atoms with Crippen LogP contribution >= 0.6 is 11.3 Å². The topological polar surface area (TPSA) is 43.4 Å². The number of hydrogen-bond acceptors (Lipinski definition) is 5. The van der Waals surface area contributed by atoms with Crippen LogP contribution in [0.15, 0.2) is 29.8 Å². The van der Waals surface area contributed by atoms with Crippen LogP contribution in [0, 0.1) is 0 Å². The summed E-state index contributed by atoms with van der Waals surface area (Å²) < 4.78 is 10.9. The number of thiazole rings is 1. The predicted octanol–water partition coefficient (Wildman–Crippen LogP) is 3.44. The van der Waals surface area contributed by atoms with E-state index in [0.29, 0.717) is 0 Å². The summed E-state index contributed by atoms with van der Waals surface area (Å²) in [5, 5.41) is 6.71. The Labute approximate surface area is 130 Å². The molecule has 0 fully saturated rings. The number of rotatable bonds is 8. The van der Waals surface area contributed by atoms with Gasteiger partial charge in [0.1, 0.15) is 11.5 Å². The number of nitrogens with one attached hydrogen (secondary N) is 1. The van der Waals surface area contributed by atoms with Crippen LogP contribution in [-0.4, -0.2) is 25.7 Å². The molecule has 1 aromatic carbocycles. The first-order chi connectivity index (χ1) is 10.3. The van der Waals surface area contributed by atoms with Gasteiger partial charge in [0.2, 0.25) is 0 Å². The van der Waals surface area contributed by atoms with Gasteiger partial charge >= 0.3 is 0 Å². The first kappa shape index (κ1) is 15.8. The Morgan fingerprint density at radius 1 is 1.29 bits per heavy atom. The number of benzene rings is 1. The molecule has 114 valence electrons. The smallest absolute Gasteiger partial charge is 0.123 e. The van der Waals surface area contributed by atoms with Crippen LogP contribution in [0.2, 0.25) is 0 Å². The predicted molar refractivity (Wildman–Crippen MR) is 86.4 cm³/mol. The molecule has 0 saturated carbocycles. The van der Waals surface area contributed by atoms with Crippen molar-refractivity contribution in [3.63, 3.8) is 0 Å². The Hall–Kier alpha value is -1.59. The standard InChI is InChI=1S/C16H22N2O2S/c1-4-7-17-14(11-16-18-8-9-21-16)13-10-12(19-2)5-6-15(13)20-3/h5-6,8-10,14,17H,4,7,11H2,1-3H3. The summed E-state index contributed by atoms with van der Waals surface area (Å²) in [5.41, 5.74) is 1.11. The average Bonchev–Trinajstić information content (AvgIpc) is 3.03. The van der Waals surface area contributed by atoms with E-state index in [2.05, 4.69) is 17.2 Å². The van der Waals surface area contributed by atoms with Crippen molar-refractivity contribution in [2.75, 3.05) is 20.8 Å². The molecule has 0 aliphatic carbocycles. The van der Waals surface area contributed by atoms with Gasteiger partial charge in [-0.3, -0.25) is 0 Å². The van der Waals surface area contributed by atoms with Gasteiger partial charge in [-0.2, -0.15) is 0 Å². The third-order valence-electron chi connectivity index (χ3n) is 3.32. The van der Waals surface area contributed by atoms with E-state index in [0.717, 1.165) is 41.5 Å². The second kappa shape index (κ2) is 8.00. The molecule has 1 N–H and O–H groups in total. The van der Waals surface area contributed by atoms with E-state index in [1.54, 1.807) is 25.6 Å². The van der Waals surface area contributed by atoms with Gasteiger partial charge in [-0.1, -0.05) is 6.92 Å². The summed E-state index contributed by atoms with van der Waals surface area (Å²) in [4.78, 5) is 4.39. The third-order valence-corrected chi connectivity index (χ3v) is 4.12. The van der Waals surface area contributed by atoms with Gasteiger partial charge in [-0.25, -0.2) is 4.98 Å². The molecule has 4 nitrogen and oxygen atoms in total. The second-order valence-corrected chi connectivity index (χ2v) is 5.72. The van der Waals surface area contributed by atoms with Gasteiger partial charge in [0.25, 0.3) is 0 Å². The molecule has 0 aliphatic rings. The van der Waals surface area contributed by atoms with E-state index in [1.807, 2.05) is 29.8 Å². The lowest BCUT2D eigenvalue weighted by atomic mass is 10.0. The van der Waals surface area contributed by atoms with Crippen LogP contribution in [0.1, 0.15) is 30.0 Å². The lowest BCUT2D eigenvalue weighted by Gasteiger charge is -2.21. The molecule has 0 radical (unpaired) electrons. The minimum Gasteiger partial charge on any atom is -0.497 e. The number of ether oxygens (including phenoxy) is 2. The van der Waals surface area contributed by atoms with Crippen molar-refractivity contribution < 1.29 is 9.47 Å². The molecule has 2 aromatic rings. The molecule has 1 atom stereocenters. The van der Waals surface area contributed by atoms with E-state index >= 15 is 0 Å². The molecular formula is C16H22N2O2S. The number of hydrogen-bond donors (Lipinski definition) is 1. The maximum absolute atomic E-state index is 5.51. The van der Waals surface area contributed by atoms with Gasteiger partial charge in [0, 0.05) is 29.6 Å². The Morgan fingerprint density at radius 2 is 2.14 bits per heavy atom. The Balaban J connectivity index is 2.29. The average molecular weight is 306 g/mol. The first-order valence-electron chi connectivity index (χ1n) is 7.12. The quantitative estimate of drug-likeness (QED) is 0.811. The van der Waals surface area contributed by atoms with Gasteiger partial charge in [0.15, 0.2) is 0 Å². The van der Waals surface area contributed by atoms with Crippen molar-refractivity contribution in [1.29, 1.82) is 0 Å². The maximum Gasteiger partial charge on any atom is 0.123 e. The fourth-order valence-corrected chi connectivity index (χ4v) is 2.91. The normalized spacial score (nSPS) is 12.1. The largest absolute Gasteiger partial charge is 0.497 e. The summed E-state index contributed by atoms with van der Waals surface area (Å²) in [6.45, 7) is 3.12. The van der Waals surface area contributed by atoms with Crippen LogP contribution in [0.3, 0.4) is 0 Å². The Bertz CT molecular complexity index is 543. The first-order valence-corrected chi connectivity index (χ1v) is 8.00. The van der Waals surface area contributed by atoms with Gasteiger partial charge < -0.3 is 14.8 Å². The molecule has 0 spiro atoms. The second-order valence-electron chi connectivity index (χ2n) is 4.74. The zero-order valence-electron chi connectivity index (χ0n) is 12.8. The Morgan fingerprint density at radius 3 is 2.76 bits per heavy atom. The number of aromatic nitrogens is 1. The van der Waals surface area contributed by atoms with Crippen molar-refractivity contribution in [2.24, 2.45) is 0 Å². The molecule has 1 heterocycles. The van der Waals surface area contributed by atoms with Gasteiger partial charge in [-0.15, -0.1) is 11.3 Å². The zero-order valence-corrected chi connectivity index (χ0v) is 13.6. The van der Waals surface area contributed by atoms with Crippen LogP contribution in [0.4, 0.5) is 0 Å². The van der Waals surface area contributed by atoms with Crippen LogP contribution in [0.5, 0.6) is 11.5 Å². The van der Waals surface area contributed by atoms with Crippen molar-refractivity contribution >= 4 is 11.3 Å². The van der Waals surface area contributed by atoms with Gasteiger partial charge in [0.05, 0.1) is 19.2 Å². The molecule has 1 aromatic heterocycles. The lowest BCUT2D eigenvalue weighted by Crippen LogP contribution is -2.24. The van der Waals surface area contributed by atoms with Crippen LogP contribution in [-0.2, 0) is 6.42 Å². The summed E-state index contributed by atoms with van der Waals surface area (Å²) in [7, 11) is 3.38. The summed E-state index contributed by atoms with van der Waals surface area (Å²) in [6, 6.07) is 6.08. The summed E-state index contributed by atoms with van der Waals surface area (Å²) >= 11 is 1.68. The fraction of sp³-hybridized carbons (Fsp3) is 0.438. The highest BCUT2D eigenvalue weighted by molar-refractivity contribution is 7.09. The summed E-state index contributed by atoms with van der Waals surface area (Å²) in [5.74, 6) is 1.72. The molecule has 0 aliphatic heterocycles. The zero-order chi connectivity index (χ0) is 15.1. The van der Waals surface area contributed by atoms with Crippen molar-refractivity contribution in [3.05, 3.63) is 40.3 Å². The monoisotopic (exact) mass is 306 g/mol. The minimum absolute atomic E-state index is 0.168. The highest BCUT2D eigenvalue weighted by Crippen LogP contribution is 2.31. The van der Waals surface area contributed by atoms with E-state index in [9.17, 15) is 0 Å². The van der Waals surface area contributed by atoms with E-state index in [-0.39, 0.29) is 6.04 Å². The molecule has 0 amide bonds. The van der Waals surface area contributed by atoms with E-state index in [4.69, 9.17) is 9.47 Å². The summed E-state index contributed by atoms with van der Waals surface area (Å²) in [6.07, 6.45) is 3.78. The highest BCUT2D eigenvalue weighted by Gasteiger charge is 2.18. The third kappa shape index (κ3) is 4.19. The van der Waals surface area contributed by atoms with Crippen molar-refractivity contribution in [2.45, 2.75) is 25.8 Å². The van der Waals surface area contributed by atoms with Gasteiger partial charge in [-0.05, 0) is 31.2 Å². The number of methoxy groups -OCH3 is 2. The van der Waals surface area contributed by atoms with E-state index < -0.39 is 0 Å². The fourth-order valence-electron chi connectivity index (χ4n) is 2.25. The van der Waals surface area contributed by atoms with Crippen LogP contribution < -0.4 is 14.8 Å². The molecular weight excluding hydrogens is 284 g/mol. The lowest BCUT2D eigenvalue weighted by molar-refractivity contribution is 0.388. The highest BCUT2D eigenvalue weighted by atomic mass is 32.1. The molecule has 5 heteroatoms. The maximum atomic E-state index is 5.51. The Kier molecular flexibility index (Phi) is 6.02.